The predicted molar refractivity (Wildman–Crippen MR) is 83.7 cm³/mol. The number of carbonyl (C=O) groups is 2. The van der Waals surface area contributed by atoms with Gasteiger partial charge in [-0.2, -0.15) is 0 Å². The van der Waals surface area contributed by atoms with Crippen LogP contribution in [0.25, 0.3) is 0 Å². The molecule has 0 aromatic heterocycles. The zero-order valence-electron chi connectivity index (χ0n) is 12.0. The van der Waals surface area contributed by atoms with Crippen molar-refractivity contribution in [2.45, 2.75) is 19.3 Å². The number of carbonyl (C=O) groups excluding carboxylic acids is 2. The second-order valence-corrected chi connectivity index (χ2v) is 5.68. The van der Waals surface area contributed by atoms with Gasteiger partial charge in [-0.05, 0) is 44.0 Å². The van der Waals surface area contributed by atoms with Crippen LogP contribution in [-0.4, -0.2) is 32.0 Å². The van der Waals surface area contributed by atoms with E-state index in [4.69, 9.17) is 11.6 Å². The standard InChI is InChI=1S/C15H20ClN3O2/c1-17-7-6-14(20)19-13-5-4-11(16)8-12(13)15(21)18-9-10-2-3-10/h4-5,8,10,17H,2-3,6-7,9H2,1H3,(H,18,21)(H,19,20). The van der Waals surface area contributed by atoms with Crippen LogP contribution in [-0.2, 0) is 4.79 Å². The summed E-state index contributed by atoms with van der Waals surface area (Å²) >= 11 is 5.95. The fraction of sp³-hybridized carbons (Fsp3) is 0.467. The van der Waals surface area contributed by atoms with Crippen molar-refractivity contribution in [3.63, 3.8) is 0 Å². The van der Waals surface area contributed by atoms with Gasteiger partial charge in [-0.25, -0.2) is 0 Å². The largest absolute Gasteiger partial charge is 0.352 e. The van der Waals surface area contributed by atoms with E-state index in [0.29, 0.717) is 41.7 Å². The van der Waals surface area contributed by atoms with E-state index < -0.39 is 0 Å². The molecule has 21 heavy (non-hydrogen) atoms. The average Bonchev–Trinajstić information content (AvgIpc) is 3.28. The zero-order chi connectivity index (χ0) is 15.2. The molecular formula is C15H20ClN3O2. The fourth-order valence-corrected chi connectivity index (χ4v) is 2.09. The molecule has 2 amide bonds. The van der Waals surface area contributed by atoms with E-state index in [2.05, 4.69) is 16.0 Å². The summed E-state index contributed by atoms with van der Waals surface area (Å²) in [4.78, 5) is 24.0. The smallest absolute Gasteiger partial charge is 0.253 e. The Morgan fingerprint density at radius 3 is 2.76 bits per heavy atom. The van der Waals surface area contributed by atoms with Crippen LogP contribution in [0.4, 0.5) is 5.69 Å². The van der Waals surface area contributed by atoms with Crippen LogP contribution in [0.2, 0.25) is 5.02 Å². The second kappa shape index (κ2) is 7.43. The molecule has 1 saturated carbocycles. The highest BCUT2D eigenvalue weighted by molar-refractivity contribution is 6.31. The van der Waals surface area contributed by atoms with Gasteiger partial charge in [0.1, 0.15) is 0 Å². The molecule has 1 aliphatic rings. The Hall–Kier alpha value is -1.59. The van der Waals surface area contributed by atoms with Crippen LogP contribution in [0.5, 0.6) is 0 Å². The Balaban J connectivity index is 2.04. The summed E-state index contributed by atoms with van der Waals surface area (Å²) in [6.07, 6.45) is 2.69. The SMILES string of the molecule is CNCCC(=O)Nc1ccc(Cl)cc1C(=O)NCC1CC1. The van der Waals surface area contributed by atoms with E-state index in [1.54, 1.807) is 25.2 Å². The van der Waals surface area contributed by atoms with Gasteiger partial charge < -0.3 is 16.0 Å². The van der Waals surface area contributed by atoms with E-state index in [1.165, 1.54) is 12.8 Å². The molecule has 0 aliphatic heterocycles. The Bertz CT molecular complexity index is 530. The lowest BCUT2D eigenvalue weighted by Gasteiger charge is -2.12. The summed E-state index contributed by atoms with van der Waals surface area (Å²) < 4.78 is 0. The third-order valence-corrected chi connectivity index (χ3v) is 3.59. The molecule has 0 heterocycles. The summed E-state index contributed by atoms with van der Waals surface area (Å²) in [5, 5.41) is 9.02. The van der Waals surface area contributed by atoms with Crippen molar-refractivity contribution in [1.29, 1.82) is 0 Å². The molecule has 0 saturated heterocycles. The van der Waals surface area contributed by atoms with E-state index in [1.807, 2.05) is 0 Å². The third-order valence-electron chi connectivity index (χ3n) is 3.35. The van der Waals surface area contributed by atoms with Gasteiger partial charge in [-0.15, -0.1) is 0 Å². The van der Waals surface area contributed by atoms with Crippen LogP contribution in [0.3, 0.4) is 0 Å². The second-order valence-electron chi connectivity index (χ2n) is 5.25. The third kappa shape index (κ3) is 5.02. The Kier molecular flexibility index (Phi) is 5.59. The van der Waals surface area contributed by atoms with E-state index in [-0.39, 0.29) is 11.8 Å². The molecule has 1 aromatic rings. The minimum absolute atomic E-state index is 0.136. The molecule has 1 aliphatic carbocycles. The number of halogens is 1. The molecule has 2 rings (SSSR count). The van der Waals surface area contributed by atoms with Crippen molar-refractivity contribution in [3.8, 4) is 0 Å². The molecule has 3 N–H and O–H groups in total. The maximum absolute atomic E-state index is 12.2. The lowest BCUT2D eigenvalue weighted by Crippen LogP contribution is -2.27. The number of amides is 2. The lowest BCUT2D eigenvalue weighted by molar-refractivity contribution is -0.116. The minimum Gasteiger partial charge on any atom is -0.352 e. The van der Waals surface area contributed by atoms with Gasteiger partial charge in [0, 0.05) is 24.5 Å². The topological polar surface area (TPSA) is 70.2 Å². The highest BCUT2D eigenvalue weighted by atomic mass is 35.5. The van der Waals surface area contributed by atoms with Crippen molar-refractivity contribution >= 4 is 29.1 Å². The first-order valence-electron chi connectivity index (χ1n) is 7.12. The molecule has 5 nitrogen and oxygen atoms in total. The van der Waals surface area contributed by atoms with Crippen molar-refractivity contribution in [2.75, 3.05) is 25.5 Å². The number of anilines is 1. The normalized spacial score (nSPS) is 13.8. The van der Waals surface area contributed by atoms with E-state index in [9.17, 15) is 9.59 Å². The molecule has 1 aromatic carbocycles. The van der Waals surface area contributed by atoms with Crippen LogP contribution in [0.1, 0.15) is 29.6 Å². The van der Waals surface area contributed by atoms with Gasteiger partial charge in [0.15, 0.2) is 0 Å². The minimum atomic E-state index is -0.201. The fourth-order valence-electron chi connectivity index (χ4n) is 1.92. The van der Waals surface area contributed by atoms with Gasteiger partial charge in [-0.1, -0.05) is 11.6 Å². The number of benzene rings is 1. The monoisotopic (exact) mass is 309 g/mol. The van der Waals surface area contributed by atoms with Gasteiger partial charge in [0.2, 0.25) is 5.91 Å². The molecule has 1 fully saturated rings. The van der Waals surface area contributed by atoms with E-state index >= 15 is 0 Å². The quantitative estimate of drug-likeness (QED) is 0.722. The van der Waals surface area contributed by atoms with Gasteiger partial charge in [-0.3, -0.25) is 9.59 Å². The lowest BCUT2D eigenvalue weighted by atomic mass is 10.1. The van der Waals surface area contributed by atoms with Crippen molar-refractivity contribution in [1.82, 2.24) is 10.6 Å². The highest BCUT2D eigenvalue weighted by Gasteiger charge is 2.22. The maximum Gasteiger partial charge on any atom is 0.253 e. The van der Waals surface area contributed by atoms with E-state index in [0.717, 1.165) is 0 Å². The maximum atomic E-state index is 12.2. The highest BCUT2D eigenvalue weighted by Crippen LogP contribution is 2.28. The number of hydrogen-bond donors (Lipinski definition) is 3. The molecule has 0 atom stereocenters. The average molecular weight is 310 g/mol. The molecule has 0 unspecified atom stereocenters. The van der Waals surface area contributed by atoms with Crippen molar-refractivity contribution in [2.24, 2.45) is 5.92 Å². The first-order chi connectivity index (χ1) is 10.1. The summed E-state index contributed by atoms with van der Waals surface area (Å²) in [5.41, 5.74) is 0.898. The molecule has 0 radical (unpaired) electrons. The van der Waals surface area contributed by atoms with Crippen molar-refractivity contribution in [3.05, 3.63) is 28.8 Å². The number of hydrogen-bond acceptors (Lipinski definition) is 3. The number of nitrogens with one attached hydrogen (secondary N) is 3. The van der Waals surface area contributed by atoms with Crippen molar-refractivity contribution < 1.29 is 9.59 Å². The summed E-state index contributed by atoms with van der Waals surface area (Å²) in [6.45, 7) is 1.27. The molecule has 114 valence electrons. The Labute approximate surface area is 129 Å². The Morgan fingerprint density at radius 1 is 1.33 bits per heavy atom. The first kappa shape index (κ1) is 15.8. The Morgan fingerprint density at radius 2 is 2.10 bits per heavy atom. The van der Waals surface area contributed by atoms with Gasteiger partial charge in [0.05, 0.1) is 11.3 Å². The van der Waals surface area contributed by atoms with Gasteiger partial charge >= 0.3 is 0 Å². The van der Waals surface area contributed by atoms with Crippen LogP contribution in [0, 0.1) is 5.92 Å². The summed E-state index contributed by atoms with van der Waals surface area (Å²) in [6, 6.07) is 4.90. The first-order valence-corrected chi connectivity index (χ1v) is 7.50. The molecule has 0 bridgehead atoms. The number of rotatable bonds is 7. The molecular weight excluding hydrogens is 290 g/mol. The predicted octanol–water partition coefficient (Wildman–Crippen LogP) is 2.03. The molecule has 6 heteroatoms. The molecule has 0 spiro atoms. The zero-order valence-corrected chi connectivity index (χ0v) is 12.8. The van der Waals surface area contributed by atoms with Crippen LogP contribution < -0.4 is 16.0 Å². The summed E-state index contributed by atoms with van der Waals surface area (Å²) in [7, 11) is 1.78. The van der Waals surface area contributed by atoms with Crippen LogP contribution >= 0.6 is 11.6 Å². The van der Waals surface area contributed by atoms with Gasteiger partial charge in [0.25, 0.3) is 5.91 Å². The van der Waals surface area contributed by atoms with Crippen LogP contribution in [0.15, 0.2) is 18.2 Å². The summed E-state index contributed by atoms with van der Waals surface area (Å²) in [5.74, 6) is 0.262.